The van der Waals surface area contributed by atoms with Gasteiger partial charge in [0.2, 0.25) is 0 Å². The fraction of sp³-hybridized carbons (Fsp3) is 0.158. The lowest BCUT2D eigenvalue weighted by Gasteiger charge is -2.07. The van der Waals surface area contributed by atoms with Crippen LogP contribution in [0.15, 0.2) is 60.8 Å². The molecular formula is C19H18ClN3O3. The lowest BCUT2D eigenvalue weighted by Crippen LogP contribution is -2.14. The number of carbonyl (C=O) groups is 1. The summed E-state index contributed by atoms with van der Waals surface area (Å²) in [6.45, 7) is 2.71. The van der Waals surface area contributed by atoms with Gasteiger partial charge in [-0.3, -0.25) is 4.79 Å². The second kappa shape index (κ2) is 8.40. The van der Waals surface area contributed by atoms with E-state index in [-0.39, 0.29) is 12.6 Å². The molecule has 6 nitrogen and oxygen atoms in total. The number of hydrogen-bond acceptors (Lipinski definition) is 4. The molecule has 1 heterocycles. The average Bonchev–Trinajstić information content (AvgIpc) is 3.12. The molecule has 7 heteroatoms. The number of aromatic nitrogens is 2. The lowest BCUT2D eigenvalue weighted by molar-refractivity contribution is 0.102. The monoisotopic (exact) mass is 371 g/mol. The smallest absolute Gasteiger partial charge is 0.276 e. The minimum absolute atomic E-state index is 0.192. The molecule has 1 aromatic heterocycles. The first kappa shape index (κ1) is 17.8. The van der Waals surface area contributed by atoms with Gasteiger partial charge in [-0.05, 0) is 61.5 Å². The van der Waals surface area contributed by atoms with Crippen molar-refractivity contribution >= 4 is 23.2 Å². The Morgan fingerprint density at radius 1 is 1.04 bits per heavy atom. The normalized spacial score (nSPS) is 10.4. The maximum absolute atomic E-state index is 12.3. The highest BCUT2D eigenvalue weighted by Crippen LogP contribution is 2.17. The highest BCUT2D eigenvalue weighted by atomic mass is 35.5. The van der Waals surface area contributed by atoms with Gasteiger partial charge < -0.3 is 14.8 Å². The molecule has 1 N–H and O–H groups in total. The van der Waals surface area contributed by atoms with E-state index in [1.54, 1.807) is 65.5 Å². The van der Waals surface area contributed by atoms with Crippen LogP contribution in [-0.2, 0) is 6.73 Å². The van der Waals surface area contributed by atoms with Gasteiger partial charge >= 0.3 is 0 Å². The standard InChI is InChI=1S/C19H18ClN3O3/c1-2-25-16-9-5-15(6-10-16)21-19(24)18-11-12-23(22-18)13-26-17-7-3-14(20)4-8-17/h3-12H,2,13H2,1H3,(H,21,24). The Bertz CT molecular complexity index is 860. The number of nitrogens with one attached hydrogen (secondary N) is 1. The van der Waals surface area contributed by atoms with E-state index in [4.69, 9.17) is 21.1 Å². The summed E-state index contributed by atoms with van der Waals surface area (Å²) in [7, 11) is 0. The summed E-state index contributed by atoms with van der Waals surface area (Å²) in [6.07, 6.45) is 1.68. The van der Waals surface area contributed by atoms with E-state index >= 15 is 0 Å². The number of anilines is 1. The molecule has 26 heavy (non-hydrogen) atoms. The van der Waals surface area contributed by atoms with Gasteiger partial charge in [-0.1, -0.05) is 11.6 Å². The molecule has 0 saturated carbocycles. The minimum atomic E-state index is -0.292. The third-order valence-electron chi connectivity index (χ3n) is 3.47. The number of carbonyl (C=O) groups excluding carboxylic acids is 1. The fourth-order valence-corrected chi connectivity index (χ4v) is 2.35. The summed E-state index contributed by atoms with van der Waals surface area (Å²) in [6, 6.07) is 15.8. The Labute approximate surface area is 156 Å². The van der Waals surface area contributed by atoms with E-state index in [9.17, 15) is 4.79 Å². The predicted molar refractivity (Wildman–Crippen MR) is 99.9 cm³/mol. The molecular weight excluding hydrogens is 354 g/mol. The summed E-state index contributed by atoms with van der Waals surface area (Å²) in [5, 5.41) is 7.65. The van der Waals surface area contributed by atoms with Crippen molar-refractivity contribution in [3.8, 4) is 11.5 Å². The number of ether oxygens (including phenoxy) is 2. The molecule has 1 amide bonds. The highest BCUT2D eigenvalue weighted by molar-refractivity contribution is 6.30. The second-order valence-corrected chi connectivity index (χ2v) is 5.82. The van der Waals surface area contributed by atoms with Crippen molar-refractivity contribution in [2.45, 2.75) is 13.7 Å². The Kier molecular flexibility index (Phi) is 5.76. The zero-order chi connectivity index (χ0) is 18.4. The molecule has 134 valence electrons. The summed E-state index contributed by atoms with van der Waals surface area (Å²) >= 11 is 5.83. The Balaban J connectivity index is 1.56. The lowest BCUT2D eigenvalue weighted by atomic mass is 10.3. The van der Waals surface area contributed by atoms with Crippen molar-refractivity contribution in [1.82, 2.24) is 9.78 Å². The van der Waals surface area contributed by atoms with Crippen LogP contribution >= 0.6 is 11.6 Å². The van der Waals surface area contributed by atoms with E-state index in [0.29, 0.717) is 28.8 Å². The molecule has 0 aliphatic heterocycles. The Hall–Kier alpha value is -2.99. The Morgan fingerprint density at radius 3 is 2.38 bits per heavy atom. The van der Waals surface area contributed by atoms with Crippen LogP contribution < -0.4 is 14.8 Å². The van der Waals surface area contributed by atoms with Crippen molar-refractivity contribution in [2.24, 2.45) is 0 Å². The zero-order valence-electron chi connectivity index (χ0n) is 14.2. The van der Waals surface area contributed by atoms with Crippen LogP contribution in [0.1, 0.15) is 17.4 Å². The highest BCUT2D eigenvalue weighted by Gasteiger charge is 2.10. The molecule has 0 atom stereocenters. The maximum atomic E-state index is 12.3. The van der Waals surface area contributed by atoms with Crippen LogP contribution in [0.4, 0.5) is 5.69 Å². The molecule has 3 rings (SSSR count). The summed E-state index contributed by atoms with van der Waals surface area (Å²) in [4.78, 5) is 12.3. The Morgan fingerprint density at radius 2 is 1.69 bits per heavy atom. The van der Waals surface area contributed by atoms with Gasteiger partial charge in [-0.25, -0.2) is 4.68 Å². The van der Waals surface area contributed by atoms with Crippen LogP contribution in [0.5, 0.6) is 11.5 Å². The van der Waals surface area contributed by atoms with Crippen molar-refractivity contribution in [2.75, 3.05) is 11.9 Å². The molecule has 2 aromatic carbocycles. The summed E-state index contributed by atoms with van der Waals surface area (Å²) in [5.74, 6) is 1.14. The van der Waals surface area contributed by atoms with E-state index in [0.717, 1.165) is 5.75 Å². The van der Waals surface area contributed by atoms with Crippen LogP contribution in [-0.4, -0.2) is 22.3 Å². The predicted octanol–water partition coefficient (Wildman–Crippen LogP) is 4.22. The van der Waals surface area contributed by atoms with Gasteiger partial charge in [-0.2, -0.15) is 5.10 Å². The molecule has 0 fully saturated rings. The molecule has 0 aliphatic carbocycles. The first-order chi connectivity index (χ1) is 12.6. The van der Waals surface area contributed by atoms with Gasteiger partial charge in [0.05, 0.1) is 6.61 Å². The topological polar surface area (TPSA) is 65.4 Å². The van der Waals surface area contributed by atoms with Crippen molar-refractivity contribution < 1.29 is 14.3 Å². The number of hydrogen-bond donors (Lipinski definition) is 1. The van der Waals surface area contributed by atoms with Gasteiger partial charge in [0, 0.05) is 16.9 Å². The van der Waals surface area contributed by atoms with Crippen LogP contribution in [0.3, 0.4) is 0 Å². The van der Waals surface area contributed by atoms with Crippen molar-refractivity contribution in [3.05, 3.63) is 71.5 Å². The van der Waals surface area contributed by atoms with E-state index in [1.807, 2.05) is 6.92 Å². The van der Waals surface area contributed by atoms with Gasteiger partial charge in [0.1, 0.15) is 11.5 Å². The maximum Gasteiger partial charge on any atom is 0.276 e. The number of amides is 1. The third-order valence-corrected chi connectivity index (χ3v) is 3.73. The molecule has 0 aliphatic rings. The molecule has 0 spiro atoms. The van der Waals surface area contributed by atoms with Crippen molar-refractivity contribution in [3.63, 3.8) is 0 Å². The number of rotatable bonds is 7. The average molecular weight is 372 g/mol. The second-order valence-electron chi connectivity index (χ2n) is 5.38. The van der Waals surface area contributed by atoms with E-state index in [2.05, 4.69) is 10.4 Å². The fourth-order valence-electron chi connectivity index (χ4n) is 2.22. The third kappa shape index (κ3) is 4.77. The van der Waals surface area contributed by atoms with Crippen LogP contribution in [0, 0.1) is 0 Å². The van der Waals surface area contributed by atoms with Crippen LogP contribution in [0.25, 0.3) is 0 Å². The van der Waals surface area contributed by atoms with Crippen LogP contribution in [0.2, 0.25) is 5.02 Å². The zero-order valence-corrected chi connectivity index (χ0v) is 14.9. The summed E-state index contributed by atoms with van der Waals surface area (Å²) in [5.41, 5.74) is 0.976. The first-order valence-corrected chi connectivity index (χ1v) is 8.48. The number of benzene rings is 2. The molecule has 0 bridgehead atoms. The summed E-state index contributed by atoms with van der Waals surface area (Å²) < 4.78 is 12.5. The minimum Gasteiger partial charge on any atom is -0.494 e. The van der Waals surface area contributed by atoms with Gasteiger partial charge in [-0.15, -0.1) is 0 Å². The number of nitrogens with zero attached hydrogens (tertiary/aromatic N) is 2. The van der Waals surface area contributed by atoms with Gasteiger partial charge in [0.25, 0.3) is 5.91 Å². The quantitative estimate of drug-likeness (QED) is 0.675. The number of halogens is 1. The van der Waals surface area contributed by atoms with E-state index < -0.39 is 0 Å². The molecule has 0 radical (unpaired) electrons. The van der Waals surface area contributed by atoms with Crippen molar-refractivity contribution in [1.29, 1.82) is 0 Å². The van der Waals surface area contributed by atoms with Gasteiger partial charge in [0.15, 0.2) is 12.4 Å². The first-order valence-electron chi connectivity index (χ1n) is 8.10. The molecule has 0 unspecified atom stereocenters. The van der Waals surface area contributed by atoms with E-state index in [1.165, 1.54) is 0 Å². The SMILES string of the molecule is CCOc1ccc(NC(=O)c2ccn(COc3ccc(Cl)cc3)n2)cc1. The molecule has 0 saturated heterocycles. The largest absolute Gasteiger partial charge is 0.494 e. The molecule has 3 aromatic rings.